The number of aromatic amines is 1. The summed E-state index contributed by atoms with van der Waals surface area (Å²) in [6.07, 6.45) is 6.69. The molecule has 160 valence electrons. The Morgan fingerprint density at radius 3 is 2.65 bits per heavy atom. The number of carbonyl (C=O) groups is 1. The lowest BCUT2D eigenvalue weighted by Gasteiger charge is -2.17. The number of nitrogens with one attached hydrogen (secondary N) is 1. The number of amides is 1. The molecule has 4 rings (SSSR count). The zero-order chi connectivity index (χ0) is 21.6. The summed E-state index contributed by atoms with van der Waals surface area (Å²) in [4.78, 5) is 14.6. The highest BCUT2D eigenvalue weighted by Gasteiger charge is 2.13. The van der Waals surface area contributed by atoms with Gasteiger partial charge in [-0.05, 0) is 37.0 Å². The molecule has 0 radical (unpaired) electrons. The highest BCUT2D eigenvalue weighted by atomic mass is 16.2. The number of unbranched alkanes of at least 4 members (excludes halogenated alkanes) is 2. The molecule has 0 spiro atoms. The molecule has 0 saturated carbocycles. The van der Waals surface area contributed by atoms with Crippen molar-refractivity contribution >= 4 is 16.8 Å². The number of para-hydroxylation sites is 1. The third-order valence-electron chi connectivity index (χ3n) is 5.89. The molecule has 2 aromatic carbocycles. The molecule has 0 aliphatic heterocycles. The molecule has 0 fully saturated rings. The summed E-state index contributed by atoms with van der Waals surface area (Å²) >= 11 is 0. The largest absolute Gasteiger partial charge is 0.350 e. The molecule has 31 heavy (non-hydrogen) atoms. The van der Waals surface area contributed by atoms with Gasteiger partial charge in [-0.3, -0.25) is 9.89 Å². The van der Waals surface area contributed by atoms with Gasteiger partial charge in [0, 0.05) is 49.0 Å². The van der Waals surface area contributed by atoms with Crippen LogP contribution in [0.15, 0.2) is 66.9 Å². The third kappa shape index (κ3) is 5.05. The van der Waals surface area contributed by atoms with Crippen LogP contribution in [0.5, 0.6) is 0 Å². The fraction of sp³-hybridized carbons (Fsp3) is 0.308. The van der Waals surface area contributed by atoms with Gasteiger partial charge >= 0.3 is 0 Å². The van der Waals surface area contributed by atoms with Crippen LogP contribution in [-0.4, -0.2) is 39.2 Å². The van der Waals surface area contributed by atoms with Crippen molar-refractivity contribution in [3.05, 3.63) is 78.1 Å². The maximum Gasteiger partial charge on any atom is 0.226 e. The number of hydrogen-bond acceptors (Lipinski definition) is 2. The third-order valence-corrected chi connectivity index (χ3v) is 5.89. The predicted molar refractivity (Wildman–Crippen MR) is 126 cm³/mol. The highest BCUT2D eigenvalue weighted by Crippen LogP contribution is 2.21. The summed E-state index contributed by atoms with van der Waals surface area (Å²) in [5.74, 6) is 0.178. The van der Waals surface area contributed by atoms with Crippen molar-refractivity contribution in [2.45, 2.75) is 32.1 Å². The van der Waals surface area contributed by atoms with E-state index in [1.54, 1.807) is 0 Å². The van der Waals surface area contributed by atoms with Crippen LogP contribution < -0.4 is 0 Å². The molecule has 1 amide bonds. The van der Waals surface area contributed by atoms with Crippen LogP contribution in [0.3, 0.4) is 0 Å². The first-order valence-corrected chi connectivity index (χ1v) is 11.0. The molecule has 2 heterocycles. The molecule has 5 nitrogen and oxygen atoms in total. The van der Waals surface area contributed by atoms with Gasteiger partial charge in [-0.2, -0.15) is 5.10 Å². The average molecular weight is 415 g/mol. The van der Waals surface area contributed by atoms with Gasteiger partial charge in [-0.15, -0.1) is 0 Å². The van der Waals surface area contributed by atoms with Gasteiger partial charge in [0.1, 0.15) is 0 Å². The van der Waals surface area contributed by atoms with E-state index in [1.165, 1.54) is 16.6 Å². The van der Waals surface area contributed by atoms with Crippen molar-refractivity contribution in [1.29, 1.82) is 0 Å². The van der Waals surface area contributed by atoms with E-state index in [-0.39, 0.29) is 5.91 Å². The Hall–Kier alpha value is -3.34. The van der Waals surface area contributed by atoms with Gasteiger partial charge in [0.25, 0.3) is 0 Å². The number of likely N-dealkylation sites (N-methyl/N-ethyl adjacent to an activating group) is 1. The van der Waals surface area contributed by atoms with E-state index in [0.29, 0.717) is 6.42 Å². The Morgan fingerprint density at radius 1 is 1.03 bits per heavy atom. The van der Waals surface area contributed by atoms with Gasteiger partial charge in [-0.1, -0.05) is 55.0 Å². The molecular formula is C26H30N4O. The van der Waals surface area contributed by atoms with E-state index in [0.717, 1.165) is 49.0 Å². The summed E-state index contributed by atoms with van der Waals surface area (Å²) in [5.41, 5.74) is 5.57. The summed E-state index contributed by atoms with van der Waals surface area (Å²) in [6, 6.07) is 20.6. The Morgan fingerprint density at radius 2 is 1.81 bits per heavy atom. The lowest BCUT2D eigenvalue weighted by molar-refractivity contribution is -0.129. The van der Waals surface area contributed by atoms with Crippen molar-refractivity contribution < 1.29 is 4.79 Å². The van der Waals surface area contributed by atoms with Crippen LogP contribution in [0.25, 0.3) is 22.2 Å². The van der Waals surface area contributed by atoms with Crippen molar-refractivity contribution in [2.75, 3.05) is 13.6 Å². The Bertz CT molecular complexity index is 1140. The number of carbonyl (C=O) groups excluding carboxylic acids is 1. The van der Waals surface area contributed by atoms with E-state index in [4.69, 9.17) is 0 Å². The standard InChI is InChI=1S/C26H30N4O/c1-29(26(31)17-21-19-30(2)25-15-9-8-14-23(21)25)16-10-4-7-13-22-18-24(28-27-22)20-11-5-3-6-12-20/h3,5-6,8-9,11-12,14-15,18-19H,4,7,10,13,16-17H2,1-2H3,(H,27,28). The van der Waals surface area contributed by atoms with Gasteiger partial charge in [0.15, 0.2) is 0 Å². The molecule has 4 aromatic rings. The minimum absolute atomic E-state index is 0.178. The summed E-state index contributed by atoms with van der Waals surface area (Å²) < 4.78 is 2.09. The monoisotopic (exact) mass is 414 g/mol. The smallest absolute Gasteiger partial charge is 0.226 e. The number of fused-ring (bicyclic) bond motifs is 1. The average Bonchev–Trinajstić information content (AvgIpc) is 3.39. The maximum atomic E-state index is 12.7. The van der Waals surface area contributed by atoms with Crippen molar-refractivity contribution in [2.24, 2.45) is 7.05 Å². The molecule has 5 heteroatoms. The molecule has 0 atom stereocenters. The van der Waals surface area contributed by atoms with Crippen LogP contribution >= 0.6 is 0 Å². The second kappa shape index (κ2) is 9.65. The molecule has 2 aromatic heterocycles. The van der Waals surface area contributed by atoms with Crippen LogP contribution in [0.4, 0.5) is 0 Å². The predicted octanol–water partition coefficient (Wildman–Crippen LogP) is 4.98. The first-order valence-electron chi connectivity index (χ1n) is 11.0. The Labute approximate surface area is 183 Å². The lowest BCUT2D eigenvalue weighted by Crippen LogP contribution is -2.29. The first-order chi connectivity index (χ1) is 15.1. The van der Waals surface area contributed by atoms with Crippen molar-refractivity contribution in [3.8, 4) is 11.3 Å². The fourth-order valence-corrected chi connectivity index (χ4v) is 4.08. The van der Waals surface area contributed by atoms with E-state index >= 15 is 0 Å². The Kier molecular flexibility index (Phi) is 6.51. The highest BCUT2D eigenvalue weighted by molar-refractivity contribution is 5.89. The molecule has 0 aliphatic rings. The van der Waals surface area contributed by atoms with E-state index in [2.05, 4.69) is 51.3 Å². The van der Waals surface area contributed by atoms with Gasteiger partial charge in [0.2, 0.25) is 5.91 Å². The normalized spacial score (nSPS) is 11.2. The first kappa shape index (κ1) is 20.9. The van der Waals surface area contributed by atoms with Gasteiger partial charge in [0.05, 0.1) is 12.1 Å². The summed E-state index contributed by atoms with van der Waals surface area (Å²) in [7, 11) is 3.94. The van der Waals surface area contributed by atoms with Crippen LogP contribution in [0.2, 0.25) is 0 Å². The molecule has 0 bridgehead atoms. The van der Waals surface area contributed by atoms with Crippen LogP contribution in [-0.2, 0) is 24.7 Å². The molecular weight excluding hydrogens is 384 g/mol. The number of aryl methyl sites for hydroxylation is 2. The van der Waals surface area contributed by atoms with Crippen molar-refractivity contribution in [1.82, 2.24) is 19.7 Å². The zero-order valence-electron chi connectivity index (χ0n) is 18.3. The molecule has 1 N–H and O–H groups in total. The second-order valence-electron chi connectivity index (χ2n) is 8.23. The minimum Gasteiger partial charge on any atom is -0.350 e. The van der Waals surface area contributed by atoms with E-state index < -0.39 is 0 Å². The van der Waals surface area contributed by atoms with Crippen molar-refractivity contribution in [3.63, 3.8) is 0 Å². The number of rotatable bonds is 9. The van der Waals surface area contributed by atoms with Crippen LogP contribution in [0, 0.1) is 0 Å². The zero-order valence-corrected chi connectivity index (χ0v) is 18.3. The summed E-state index contributed by atoms with van der Waals surface area (Å²) in [6.45, 7) is 0.793. The van der Waals surface area contributed by atoms with Gasteiger partial charge < -0.3 is 9.47 Å². The Balaban J connectivity index is 1.20. The molecule has 0 aliphatic carbocycles. The number of hydrogen-bond donors (Lipinski definition) is 1. The molecule has 0 saturated heterocycles. The maximum absolute atomic E-state index is 12.7. The molecule has 0 unspecified atom stereocenters. The number of benzene rings is 2. The second-order valence-corrected chi connectivity index (χ2v) is 8.23. The number of aromatic nitrogens is 3. The van der Waals surface area contributed by atoms with Gasteiger partial charge in [-0.25, -0.2) is 0 Å². The van der Waals surface area contributed by atoms with E-state index in [1.807, 2.05) is 49.3 Å². The quantitative estimate of drug-likeness (QED) is 0.393. The SMILES string of the molecule is CN(CCCCCc1cc(-c2ccccc2)n[nH]1)C(=O)Cc1cn(C)c2ccccc12. The minimum atomic E-state index is 0.178. The number of H-pyrrole nitrogens is 1. The van der Waals surface area contributed by atoms with Crippen LogP contribution in [0.1, 0.15) is 30.5 Å². The number of nitrogens with zero attached hydrogens (tertiary/aromatic N) is 3. The lowest BCUT2D eigenvalue weighted by atomic mass is 10.1. The summed E-state index contributed by atoms with van der Waals surface area (Å²) in [5, 5.41) is 8.74. The fourth-order valence-electron chi connectivity index (χ4n) is 4.08. The van der Waals surface area contributed by atoms with E-state index in [9.17, 15) is 4.79 Å². The topological polar surface area (TPSA) is 53.9 Å².